The summed E-state index contributed by atoms with van der Waals surface area (Å²) in [6.07, 6.45) is 3.59. The number of halogens is 2. The molecule has 8 rings (SSSR count). The van der Waals surface area contributed by atoms with Crippen molar-refractivity contribution in [1.29, 1.82) is 0 Å². The fourth-order valence-corrected chi connectivity index (χ4v) is 6.29. The summed E-state index contributed by atoms with van der Waals surface area (Å²) in [5.74, 6) is 0. The van der Waals surface area contributed by atoms with Gasteiger partial charge < -0.3 is 4.90 Å². The van der Waals surface area contributed by atoms with Gasteiger partial charge in [0.25, 0.3) is 0 Å². The van der Waals surface area contributed by atoms with Crippen LogP contribution in [0.2, 0.25) is 0 Å². The number of fused-ring (bicyclic) bond motifs is 7. The van der Waals surface area contributed by atoms with E-state index in [0.29, 0.717) is 0 Å². The molecule has 0 aliphatic heterocycles. The van der Waals surface area contributed by atoms with Crippen LogP contribution in [0.4, 0.5) is 17.1 Å². The Hall–Kier alpha value is -4.72. The van der Waals surface area contributed by atoms with Gasteiger partial charge in [0.05, 0.1) is 33.1 Å². The lowest BCUT2D eigenvalue weighted by Crippen LogP contribution is -2.09. The van der Waals surface area contributed by atoms with Crippen LogP contribution in [-0.4, -0.2) is 19.9 Å². The van der Waals surface area contributed by atoms with Gasteiger partial charge in [-0.3, -0.25) is 9.97 Å². The standard InChI is InChI=1S/C36H21Br2N5/c37-24-18-29-33(39-20-24)34-30(19-25(38)21-40-34)36-35(29)41-31-16-13-23(17-32(31)42-36)22-11-14-28(15-12-22)43(26-7-3-1-4-8-26)27-9-5-2-6-10-27/h1-21H. The zero-order chi connectivity index (χ0) is 28.9. The molecular formula is C36H21Br2N5. The predicted molar refractivity (Wildman–Crippen MR) is 183 cm³/mol. The molecule has 5 nitrogen and oxygen atoms in total. The third kappa shape index (κ3) is 4.61. The van der Waals surface area contributed by atoms with E-state index >= 15 is 0 Å². The summed E-state index contributed by atoms with van der Waals surface area (Å²) in [5.41, 5.74) is 10.4. The van der Waals surface area contributed by atoms with Crippen LogP contribution >= 0.6 is 31.9 Å². The third-order valence-corrected chi connectivity index (χ3v) is 8.46. The van der Waals surface area contributed by atoms with Crippen molar-refractivity contribution in [1.82, 2.24) is 19.9 Å². The fourth-order valence-electron chi connectivity index (χ4n) is 5.63. The minimum atomic E-state index is 0.803. The van der Waals surface area contributed by atoms with Crippen LogP contribution in [0.5, 0.6) is 0 Å². The van der Waals surface area contributed by atoms with E-state index in [1.54, 1.807) is 12.4 Å². The van der Waals surface area contributed by atoms with Gasteiger partial charge in [-0.15, -0.1) is 0 Å². The van der Waals surface area contributed by atoms with Crippen LogP contribution in [0.25, 0.3) is 55.0 Å². The van der Waals surface area contributed by atoms with Gasteiger partial charge >= 0.3 is 0 Å². The Morgan fingerprint density at radius 2 is 0.930 bits per heavy atom. The van der Waals surface area contributed by atoms with Crippen molar-refractivity contribution in [2.45, 2.75) is 0 Å². The van der Waals surface area contributed by atoms with Gasteiger partial charge in [0.1, 0.15) is 0 Å². The Morgan fingerprint density at radius 1 is 0.442 bits per heavy atom. The van der Waals surface area contributed by atoms with Crippen molar-refractivity contribution in [2.24, 2.45) is 0 Å². The summed E-state index contributed by atoms with van der Waals surface area (Å²) in [4.78, 5) is 21.9. The molecule has 5 aromatic carbocycles. The Bertz CT molecular complexity index is 2270. The fraction of sp³-hybridized carbons (Fsp3) is 0. The van der Waals surface area contributed by atoms with Crippen molar-refractivity contribution >= 4 is 92.8 Å². The summed E-state index contributed by atoms with van der Waals surface area (Å²) in [7, 11) is 0. The lowest BCUT2D eigenvalue weighted by atomic mass is 10.0. The lowest BCUT2D eigenvalue weighted by Gasteiger charge is -2.25. The largest absolute Gasteiger partial charge is 0.311 e. The summed E-state index contributed by atoms with van der Waals surface area (Å²) in [5, 5.41) is 1.83. The highest BCUT2D eigenvalue weighted by Crippen LogP contribution is 2.37. The summed E-state index contributed by atoms with van der Waals surface area (Å²) in [6, 6.07) is 39.9. The molecule has 0 aliphatic carbocycles. The Labute approximate surface area is 264 Å². The minimum Gasteiger partial charge on any atom is -0.311 e. The van der Waals surface area contributed by atoms with E-state index < -0.39 is 0 Å². The minimum absolute atomic E-state index is 0.803. The molecule has 0 amide bonds. The molecule has 7 heteroatoms. The molecule has 0 bridgehead atoms. The SMILES string of the molecule is Brc1cnc2c(c1)c1nc3ccc(-c4ccc(N(c5ccccc5)c5ccccc5)cc4)cc3nc1c1cc(Br)cnc12. The molecular weight excluding hydrogens is 662 g/mol. The van der Waals surface area contributed by atoms with Crippen molar-refractivity contribution in [3.63, 3.8) is 0 Å². The Balaban J connectivity index is 1.26. The van der Waals surface area contributed by atoms with Crippen molar-refractivity contribution < 1.29 is 0 Å². The first-order valence-electron chi connectivity index (χ1n) is 13.8. The van der Waals surface area contributed by atoms with Crippen LogP contribution in [0.3, 0.4) is 0 Å². The van der Waals surface area contributed by atoms with Gasteiger partial charge in [0.15, 0.2) is 0 Å². The molecule has 0 aliphatic rings. The van der Waals surface area contributed by atoms with Crippen LogP contribution < -0.4 is 4.90 Å². The van der Waals surface area contributed by atoms with Crippen LogP contribution in [0.15, 0.2) is 137 Å². The van der Waals surface area contributed by atoms with Gasteiger partial charge in [-0.05, 0) is 104 Å². The smallest absolute Gasteiger partial charge is 0.0996 e. The maximum Gasteiger partial charge on any atom is 0.0996 e. The summed E-state index contributed by atoms with van der Waals surface area (Å²) < 4.78 is 1.77. The number of pyridine rings is 2. The number of hydrogen-bond donors (Lipinski definition) is 0. The van der Waals surface area contributed by atoms with Crippen LogP contribution in [0.1, 0.15) is 0 Å². The molecule has 204 valence electrons. The number of benzene rings is 5. The van der Waals surface area contributed by atoms with E-state index in [-0.39, 0.29) is 0 Å². The average molecular weight is 683 g/mol. The molecule has 0 unspecified atom stereocenters. The quantitative estimate of drug-likeness (QED) is 0.137. The summed E-state index contributed by atoms with van der Waals surface area (Å²) in [6.45, 7) is 0. The molecule has 8 aromatic rings. The first-order valence-corrected chi connectivity index (χ1v) is 15.4. The van der Waals surface area contributed by atoms with E-state index in [1.165, 1.54) is 0 Å². The number of aromatic nitrogens is 4. The second-order valence-electron chi connectivity index (χ2n) is 10.3. The first kappa shape index (κ1) is 25.9. The van der Waals surface area contributed by atoms with E-state index in [1.807, 2.05) is 30.3 Å². The van der Waals surface area contributed by atoms with Crippen LogP contribution in [0, 0.1) is 0 Å². The highest BCUT2D eigenvalue weighted by Gasteiger charge is 2.16. The van der Waals surface area contributed by atoms with E-state index in [2.05, 4.69) is 127 Å². The number of hydrogen-bond acceptors (Lipinski definition) is 5. The zero-order valence-corrected chi connectivity index (χ0v) is 25.8. The zero-order valence-electron chi connectivity index (χ0n) is 22.6. The lowest BCUT2D eigenvalue weighted by molar-refractivity contribution is 1.28. The number of anilines is 3. The molecule has 0 radical (unpaired) electrons. The van der Waals surface area contributed by atoms with E-state index in [0.717, 1.165) is 81.0 Å². The summed E-state index contributed by atoms with van der Waals surface area (Å²) >= 11 is 7.17. The molecule has 0 N–H and O–H groups in total. The van der Waals surface area contributed by atoms with Crippen molar-refractivity contribution in [2.75, 3.05) is 4.90 Å². The average Bonchev–Trinajstić information content (AvgIpc) is 3.05. The molecule has 3 heterocycles. The van der Waals surface area contributed by atoms with Gasteiger partial charge in [-0.25, -0.2) is 9.97 Å². The topological polar surface area (TPSA) is 54.8 Å². The maximum absolute atomic E-state index is 5.16. The highest BCUT2D eigenvalue weighted by atomic mass is 79.9. The predicted octanol–water partition coefficient (Wildman–Crippen LogP) is 10.5. The molecule has 0 spiro atoms. The van der Waals surface area contributed by atoms with Gasteiger partial charge in [-0.2, -0.15) is 0 Å². The second-order valence-corrected chi connectivity index (χ2v) is 12.1. The molecule has 0 saturated carbocycles. The van der Waals surface area contributed by atoms with E-state index in [4.69, 9.17) is 15.0 Å². The maximum atomic E-state index is 5.16. The monoisotopic (exact) mass is 681 g/mol. The first-order chi connectivity index (χ1) is 21.1. The Kier molecular flexibility index (Phi) is 6.35. The molecule has 0 fully saturated rings. The molecule has 43 heavy (non-hydrogen) atoms. The number of rotatable bonds is 4. The van der Waals surface area contributed by atoms with Crippen molar-refractivity contribution in [3.8, 4) is 11.1 Å². The van der Waals surface area contributed by atoms with Gasteiger partial charge in [-0.1, -0.05) is 54.6 Å². The van der Waals surface area contributed by atoms with Crippen molar-refractivity contribution in [3.05, 3.63) is 137 Å². The third-order valence-electron chi connectivity index (χ3n) is 7.60. The highest BCUT2D eigenvalue weighted by molar-refractivity contribution is 9.10. The number of para-hydroxylation sites is 2. The Morgan fingerprint density at radius 3 is 1.49 bits per heavy atom. The molecule has 3 aromatic heterocycles. The van der Waals surface area contributed by atoms with Crippen LogP contribution in [-0.2, 0) is 0 Å². The normalized spacial score (nSPS) is 11.5. The van der Waals surface area contributed by atoms with Gasteiger partial charge in [0.2, 0.25) is 0 Å². The van der Waals surface area contributed by atoms with E-state index in [9.17, 15) is 0 Å². The van der Waals surface area contributed by atoms with Gasteiger partial charge in [0, 0.05) is 49.2 Å². The molecule has 0 atom stereocenters. The number of nitrogens with zero attached hydrogens (tertiary/aromatic N) is 5. The molecule has 0 saturated heterocycles. The second kappa shape index (κ2) is 10.5.